The fourth-order valence-electron chi connectivity index (χ4n) is 1.27. The number of ether oxygens (including phenoxy) is 1. The monoisotopic (exact) mass is 316 g/mol. The summed E-state index contributed by atoms with van der Waals surface area (Å²) in [5, 5.41) is 3.31. The Morgan fingerprint density at radius 1 is 1.16 bits per heavy atom. The van der Waals surface area contributed by atoms with Crippen LogP contribution in [0, 0.1) is 0 Å². The van der Waals surface area contributed by atoms with Gasteiger partial charge in [-0.2, -0.15) is 0 Å². The molecule has 0 spiro atoms. The van der Waals surface area contributed by atoms with E-state index >= 15 is 0 Å². The molecule has 1 heterocycles. The minimum Gasteiger partial charge on any atom is -0.408 e. The first-order valence-corrected chi connectivity index (χ1v) is 6.23. The second kappa shape index (κ2) is 6.10. The van der Waals surface area contributed by atoms with Gasteiger partial charge in [0, 0.05) is 6.20 Å². The van der Waals surface area contributed by atoms with Gasteiger partial charge >= 0.3 is 6.09 Å². The van der Waals surface area contributed by atoms with Gasteiger partial charge in [-0.15, -0.1) is 0 Å². The number of nitrogens with zero attached hydrogens (tertiary/aromatic N) is 1. The van der Waals surface area contributed by atoms with Gasteiger partial charge in [0.1, 0.15) is 0 Å². The Hall–Kier alpha value is -1.49. The van der Waals surface area contributed by atoms with Gasteiger partial charge in [-0.25, -0.2) is 4.79 Å². The summed E-state index contributed by atoms with van der Waals surface area (Å²) in [5.74, 6) is 0.316. The molecule has 0 saturated carbocycles. The maximum atomic E-state index is 11.6. The fraction of sp³-hybridized carbons (Fsp3) is 0. The van der Waals surface area contributed by atoms with Gasteiger partial charge in [-0.3, -0.25) is 10.3 Å². The Bertz CT molecular complexity index is 605. The first-order chi connectivity index (χ1) is 9.06. The Morgan fingerprint density at radius 2 is 1.89 bits per heavy atom. The van der Waals surface area contributed by atoms with Gasteiger partial charge in [-0.05, 0) is 24.3 Å². The predicted octanol–water partition coefficient (Wildman–Crippen LogP) is 4.65. The van der Waals surface area contributed by atoms with Crippen LogP contribution in [0.3, 0.4) is 0 Å². The van der Waals surface area contributed by atoms with Crippen molar-refractivity contribution in [3.05, 3.63) is 51.7 Å². The summed E-state index contributed by atoms with van der Waals surface area (Å²) in [7, 11) is 0. The molecule has 0 aliphatic heterocycles. The van der Waals surface area contributed by atoms with E-state index in [9.17, 15) is 4.79 Å². The maximum absolute atomic E-state index is 11.6. The minimum absolute atomic E-state index is 0.262. The number of hydrogen-bond acceptors (Lipinski definition) is 3. The molecule has 0 atom stereocenters. The van der Waals surface area contributed by atoms with Crippen molar-refractivity contribution in [2.45, 2.75) is 0 Å². The summed E-state index contributed by atoms with van der Waals surface area (Å²) in [6.07, 6.45) is 2.28. The van der Waals surface area contributed by atoms with Crippen molar-refractivity contribution < 1.29 is 9.53 Å². The second-order valence-corrected chi connectivity index (χ2v) is 4.67. The number of benzene rings is 1. The highest BCUT2D eigenvalue weighted by atomic mass is 35.5. The number of rotatable bonds is 2. The molecule has 1 aromatic heterocycles. The van der Waals surface area contributed by atoms with Crippen molar-refractivity contribution in [3.8, 4) is 5.75 Å². The number of halogens is 3. The molecular formula is C12H7Cl3N2O2. The van der Waals surface area contributed by atoms with Crippen LogP contribution < -0.4 is 10.1 Å². The van der Waals surface area contributed by atoms with Gasteiger partial charge in [0.05, 0.1) is 27.0 Å². The van der Waals surface area contributed by atoms with Crippen molar-refractivity contribution in [2.24, 2.45) is 0 Å². The van der Waals surface area contributed by atoms with Crippen LogP contribution in [0.5, 0.6) is 5.75 Å². The summed E-state index contributed by atoms with van der Waals surface area (Å²) in [4.78, 5) is 15.5. The molecular weight excluding hydrogens is 311 g/mol. The van der Waals surface area contributed by atoms with Crippen molar-refractivity contribution in [1.82, 2.24) is 4.98 Å². The third-order valence-corrected chi connectivity index (χ3v) is 3.13. The van der Waals surface area contributed by atoms with E-state index < -0.39 is 6.09 Å². The van der Waals surface area contributed by atoms with E-state index in [0.29, 0.717) is 16.5 Å². The first kappa shape index (κ1) is 13.9. The zero-order chi connectivity index (χ0) is 13.8. The topological polar surface area (TPSA) is 51.2 Å². The average Bonchev–Trinajstić information content (AvgIpc) is 2.37. The molecule has 7 heteroatoms. The minimum atomic E-state index is -0.701. The van der Waals surface area contributed by atoms with Crippen molar-refractivity contribution >= 4 is 46.6 Å². The molecule has 1 amide bonds. The highest BCUT2D eigenvalue weighted by Crippen LogP contribution is 2.32. The number of anilines is 1. The smallest absolute Gasteiger partial charge is 0.408 e. The van der Waals surface area contributed by atoms with Crippen molar-refractivity contribution in [3.63, 3.8) is 0 Å². The lowest BCUT2D eigenvalue weighted by atomic mass is 10.3. The number of amides is 1. The number of pyridine rings is 1. The summed E-state index contributed by atoms with van der Waals surface area (Å²) < 4.78 is 5.00. The Morgan fingerprint density at radius 3 is 2.58 bits per heavy atom. The van der Waals surface area contributed by atoms with Crippen LogP contribution in [-0.2, 0) is 0 Å². The predicted molar refractivity (Wildman–Crippen MR) is 75.4 cm³/mol. The Kier molecular flexibility index (Phi) is 4.47. The van der Waals surface area contributed by atoms with E-state index in [1.54, 1.807) is 18.3 Å². The highest BCUT2D eigenvalue weighted by molar-refractivity contribution is 6.44. The van der Waals surface area contributed by atoms with E-state index in [1.807, 2.05) is 0 Å². The van der Waals surface area contributed by atoms with Gasteiger partial charge < -0.3 is 4.74 Å². The van der Waals surface area contributed by atoms with Crippen molar-refractivity contribution in [1.29, 1.82) is 0 Å². The number of aromatic nitrogens is 1. The SMILES string of the molecule is O=C(Nc1cc(Cl)c(Cl)cc1Cl)Oc1cccnc1. The van der Waals surface area contributed by atoms with Crippen LogP contribution in [0.25, 0.3) is 0 Å². The molecule has 0 saturated heterocycles. The fourth-order valence-corrected chi connectivity index (χ4v) is 1.86. The molecule has 0 bridgehead atoms. The lowest BCUT2D eigenvalue weighted by Crippen LogP contribution is -2.17. The number of carbonyl (C=O) groups excluding carboxylic acids is 1. The quantitative estimate of drug-likeness (QED) is 0.820. The lowest BCUT2D eigenvalue weighted by molar-refractivity contribution is 0.215. The highest BCUT2D eigenvalue weighted by Gasteiger charge is 2.10. The van der Waals surface area contributed by atoms with E-state index in [0.717, 1.165) is 0 Å². The van der Waals surface area contributed by atoms with E-state index in [2.05, 4.69) is 10.3 Å². The molecule has 1 aromatic carbocycles. The zero-order valence-corrected chi connectivity index (χ0v) is 11.6. The van der Waals surface area contributed by atoms with Crippen LogP contribution in [-0.4, -0.2) is 11.1 Å². The van der Waals surface area contributed by atoms with Crippen molar-refractivity contribution in [2.75, 3.05) is 5.32 Å². The van der Waals surface area contributed by atoms with Gasteiger partial charge in [-0.1, -0.05) is 34.8 Å². The first-order valence-electron chi connectivity index (χ1n) is 5.09. The Balaban J connectivity index is 2.09. The normalized spacial score (nSPS) is 10.1. The van der Waals surface area contributed by atoms with Crippen LogP contribution in [0.15, 0.2) is 36.7 Å². The van der Waals surface area contributed by atoms with Crippen LogP contribution in [0.1, 0.15) is 0 Å². The van der Waals surface area contributed by atoms with Crippen LogP contribution in [0.2, 0.25) is 15.1 Å². The largest absolute Gasteiger partial charge is 0.417 e. The molecule has 0 unspecified atom stereocenters. The zero-order valence-electron chi connectivity index (χ0n) is 9.36. The molecule has 0 aliphatic carbocycles. The molecule has 0 aliphatic rings. The second-order valence-electron chi connectivity index (χ2n) is 3.45. The molecule has 2 aromatic rings. The molecule has 2 rings (SSSR count). The number of hydrogen-bond donors (Lipinski definition) is 1. The molecule has 4 nitrogen and oxygen atoms in total. The summed E-state index contributed by atoms with van der Waals surface area (Å²) in [5.41, 5.74) is 0.310. The third-order valence-electron chi connectivity index (χ3n) is 2.09. The summed E-state index contributed by atoms with van der Waals surface area (Å²) >= 11 is 17.5. The van der Waals surface area contributed by atoms with Gasteiger partial charge in [0.15, 0.2) is 5.75 Å². The number of carbonyl (C=O) groups is 1. The molecule has 1 N–H and O–H groups in total. The molecule has 0 fully saturated rings. The van der Waals surface area contributed by atoms with Gasteiger partial charge in [0.2, 0.25) is 0 Å². The molecule has 0 radical (unpaired) electrons. The van der Waals surface area contributed by atoms with E-state index in [-0.39, 0.29) is 10.0 Å². The summed E-state index contributed by atoms with van der Waals surface area (Å²) in [6, 6.07) is 6.12. The van der Waals surface area contributed by atoms with E-state index in [4.69, 9.17) is 39.5 Å². The molecule has 19 heavy (non-hydrogen) atoms. The standard InChI is InChI=1S/C12H7Cl3N2O2/c13-8-4-10(15)11(5-9(8)14)17-12(18)19-7-2-1-3-16-6-7/h1-6H,(H,17,18). The van der Waals surface area contributed by atoms with E-state index in [1.165, 1.54) is 18.3 Å². The average molecular weight is 318 g/mol. The Labute approximate surface area is 124 Å². The third kappa shape index (κ3) is 3.73. The number of nitrogens with one attached hydrogen (secondary N) is 1. The maximum Gasteiger partial charge on any atom is 0.417 e. The van der Waals surface area contributed by atoms with Crippen LogP contribution >= 0.6 is 34.8 Å². The summed E-state index contributed by atoms with van der Waals surface area (Å²) in [6.45, 7) is 0. The molecule has 98 valence electrons. The lowest BCUT2D eigenvalue weighted by Gasteiger charge is -2.09. The van der Waals surface area contributed by atoms with Gasteiger partial charge in [0.25, 0.3) is 0 Å². The van der Waals surface area contributed by atoms with Crippen LogP contribution in [0.4, 0.5) is 10.5 Å².